The first-order valence-electron chi connectivity index (χ1n) is 9.24. The molecule has 0 atom stereocenters. The Hall–Kier alpha value is -2.88. The molecule has 0 aliphatic carbocycles. The molecule has 0 spiro atoms. The lowest BCUT2D eigenvalue weighted by molar-refractivity contribution is -0.135. The highest BCUT2D eigenvalue weighted by atomic mass is 19.1. The van der Waals surface area contributed by atoms with Crippen molar-refractivity contribution in [1.29, 1.82) is 0 Å². The van der Waals surface area contributed by atoms with Gasteiger partial charge in [0.05, 0.1) is 6.54 Å². The summed E-state index contributed by atoms with van der Waals surface area (Å²) in [6.07, 6.45) is 2.00. The number of aromatic nitrogens is 1. The fourth-order valence-corrected chi connectivity index (χ4v) is 3.11. The largest absolute Gasteiger partial charge is 0.345 e. The number of halogens is 1. The number of hydrogen-bond acceptors (Lipinski definition) is 1. The van der Waals surface area contributed by atoms with Crippen molar-refractivity contribution in [3.63, 3.8) is 0 Å². The van der Waals surface area contributed by atoms with Crippen LogP contribution in [0.25, 0.3) is 0 Å². The van der Waals surface area contributed by atoms with Gasteiger partial charge in [0.15, 0.2) is 0 Å². The van der Waals surface area contributed by atoms with E-state index >= 15 is 0 Å². The number of amides is 1. The zero-order chi connectivity index (χ0) is 19.2. The lowest BCUT2D eigenvalue weighted by Crippen LogP contribution is -2.34. The molecule has 2 aromatic carbocycles. The van der Waals surface area contributed by atoms with Crippen LogP contribution >= 0.6 is 0 Å². The van der Waals surface area contributed by atoms with Crippen molar-refractivity contribution in [1.82, 2.24) is 9.47 Å². The Balaban J connectivity index is 1.78. The van der Waals surface area contributed by atoms with Crippen molar-refractivity contribution in [2.75, 3.05) is 0 Å². The number of carbonyl (C=O) groups is 1. The van der Waals surface area contributed by atoms with Crippen LogP contribution in [0.4, 0.5) is 4.39 Å². The summed E-state index contributed by atoms with van der Waals surface area (Å²) in [4.78, 5) is 14.7. The van der Waals surface area contributed by atoms with Gasteiger partial charge in [-0.2, -0.15) is 0 Å². The minimum absolute atomic E-state index is 0.0609. The number of nitrogens with zero attached hydrogens (tertiary/aromatic N) is 2. The van der Waals surface area contributed by atoms with E-state index in [1.165, 1.54) is 12.1 Å². The summed E-state index contributed by atoms with van der Waals surface area (Å²) in [5, 5.41) is 0. The summed E-state index contributed by atoms with van der Waals surface area (Å²) in [5.74, 6) is -0.161. The van der Waals surface area contributed by atoms with E-state index in [2.05, 4.69) is 4.57 Å². The monoisotopic (exact) mass is 364 g/mol. The zero-order valence-electron chi connectivity index (χ0n) is 15.8. The first-order valence-corrected chi connectivity index (χ1v) is 9.24. The Labute approximate surface area is 160 Å². The van der Waals surface area contributed by atoms with Crippen molar-refractivity contribution in [3.05, 3.63) is 95.6 Å². The number of rotatable bonds is 7. The molecular formula is C23H25FN2O. The fraction of sp³-hybridized carbons (Fsp3) is 0.261. The molecule has 3 aromatic rings. The number of hydrogen-bond donors (Lipinski definition) is 0. The molecule has 0 N–H and O–H groups in total. The van der Waals surface area contributed by atoms with Crippen LogP contribution in [0.15, 0.2) is 72.9 Å². The number of carbonyl (C=O) groups excluding carboxylic acids is 1. The van der Waals surface area contributed by atoms with E-state index in [9.17, 15) is 9.18 Å². The highest BCUT2D eigenvalue weighted by molar-refractivity contribution is 5.78. The van der Waals surface area contributed by atoms with Gasteiger partial charge in [-0.1, -0.05) is 56.3 Å². The van der Waals surface area contributed by atoms with Crippen LogP contribution < -0.4 is 0 Å². The van der Waals surface area contributed by atoms with Gasteiger partial charge in [0, 0.05) is 30.9 Å². The highest BCUT2D eigenvalue weighted by Gasteiger charge is 2.19. The van der Waals surface area contributed by atoms with Crippen molar-refractivity contribution in [2.24, 2.45) is 5.92 Å². The van der Waals surface area contributed by atoms with Gasteiger partial charge in [-0.05, 0) is 35.4 Å². The summed E-state index contributed by atoms with van der Waals surface area (Å²) >= 11 is 0. The van der Waals surface area contributed by atoms with E-state index in [0.29, 0.717) is 19.6 Å². The lowest BCUT2D eigenvalue weighted by atomic mass is 10.1. The Morgan fingerprint density at radius 2 is 1.63 bits per heavy atom. The van der Waals surface area contributed by atoms with E-state index in [-0.39, 0.29) is 17.6 Å². The third-order valence-corrected chi connectivity index (χ3v) is 4.56. The second kappa shape index (κ2) is 8.67. The Kier molecular flexibility index (Phi) is 6.07. The SMILES string of the molecule is CC(C)C(=O)N(Cc1ccccc1)Cc1cccn1Cc1ccc(F)cc1. The second-order valence-electron chi connectivity index (χ2n) is 7.09. The van der Waals surface area contributed by atoms with Gasteiger partial charge >= 0.3 is 0 Å². The smallest absolute Gasteiger partial charge is 0.225 e. The molecule has 1 aromatic heterocycles. The summed E-state index contributed by atoms with van der Waals surface area (Å²) < 4.78 is 15.2. The zero-order valence-corrected chi connectivity index (χ0v) is 15.8. The van der Waals surface area contributed by atoms with E-state index in [4.69, 9.17) is 0 Å². The molecule has 4 heteroatoms. The molecule has 3 nitrogen and oxygen atoms in total. The quantitative estimate of drug-likeness (QED) is 0.588. The maximum atomic E-state index is 13.1. The summed E-state index contributed by atoms with van der Waals surface area (Å²) in [5.41, 5.74) is 3.20. The predicted octanol–water partition coefficient (Wildman–Crippen LogP) is 4.86. The van der Waals surface area contributed by atoms with Gasteiger partial charge in [0.25, 0.3) is 0 Å². The average Bonchev–Trinajstić information content (AvgIpc) is 3.10. The Morgan fingerprint density at radius 1 is 0.926 bits per heavy atom. The van der Waals surface area contributed by atoms with Crippen LogP contribution in [0.2, 0.25) is 0 Å². The van der Waals surface area contributed by atoms with Crippen LogP contribution in [0.5, 0.6) is 0 Å². The van der Waals surface area contributed by atoms with E-state index in [1.807, 2.05) is 67.4 Å². The van der Waals surface area contributed by atoms with Gasteiger partial charge in [0.1, 0.15) is 5.82 Å². The molecule has 1 amide bonds. The lowest BCUT2D eigenvalue weighted by Gasteiger charge is -2.25. The van der Waals surface area contributed by atoms with Gasteiger partial charge < -0.3 is 9.47 Å². The first kappa shape index (κ1) is 18.9. The van der Waals surface area contributed by atoms with E-state index in [1.54, 1.807) is 12.1 Å². The molecule has 27 heavy (non-hydrogen) atoms. The highest BCUT2D eigenvalue weighted by Crippen LogP contribution is 2.16. The summed E-state index contributed by atoms with van der Waals surface area (Å²) in [7, 11) is 0. The molecule has 0 bridgehead atoms. The van der Waals surface area contributed by atoms with Crippen molar-refractivity contribution in [3.8, 4) is 0 Å². The fourth-order valence-electron chi connectivity index (χ4n) is 3.11. The van der Waals surface area contributed by atoms with Crippen molar-refractivity contribution < 1.29 is 9.18 Å². The maximum Gasteiger partial charge on any atom is 0.225 e. The topological polar surface area (TPSA) is 25.2 Å². The molecule has 0 fully saturated rings. The van der Waals surface area contributed by atoms with Crippen molar-refractivity contribution >= 4 is 5.91 Å². The maximum absolute atomic E-state index is 13.1. The molecule has 140 valence electrons. The third kappa shape index (κ3) is 5.07. The molecule has 0 saturated heterocycles. The van der Waals surface area contributed by atoms with Crippen molar-refractivity contribution in [2.45, 2.75) is 33.5 Å². The van der Waals surface area contributed by atoms with Crippen LogP contribution in [-0.4, -0.2) is 15.4 Å². The van der Waals surface area contributed by atoms with Crippen LogP contribution in [0.3, 0.4) is 0 Å². The molecule has 1 heterocycles. The van der Waals surface area contributed by atoms with Gasteiger partial charge in [0.2, 0.25) is 5.91 Å². The minimum Gasteiger partial charge on any atom is -0.345 e. The van der Waals surface area contributed by atoms with Crippen LogP contribution in [-0.2, 0) is 24.4 Å². The summed E-state index contributed by atoms with van der Waals surface area (Å²) in [6.45, 7) is 5.63. The van der Waals surface area contributed by atoms with Crippen LogP contribution in [0.1, 0.15) is 30.7 Å². The molecule has 0 saturated carbocycles. The Bertz CT molecular complexity index is 869. The van der Waals surface area contributed by atoms with Gasteiger partial charge in [-0.3, -0.25) is 4.79 Å². The second-order valence-corrected chi connectivity index (χ2v) is 7.09. The standard InChI is InChI=1S/C23H25FN2O/c1-18(2)23(27)26(16-19-7-4-3-5-8-19)17-22-9-6-14-25(22)15-20-10-12-21(24)13-11-20/h3-14,18H,15-17H2,1-2H3. The molecule has 0 aliphatic rings. The predicted molar refractivity (Wildman–Crippen MR) is 105 cm³/mol. The molecule has 0 aliphatic heterocycles. The average molecular weight is 364 g/mol. The molecular weight excluding hydrogens is 339 g/mol. The summed E-state index contributed by atoms with van der Waals surface area (Å²) in [6, 6.07) is 20.6. The normalized spacial score (nSPS) is 11.0. The Morgan fingerprint density at radius 3 is 2.30 bits per heavy atom. The van der Waals surface area contributed by atoms with Gasteiger partial charge in [-0.15, -0.1) is 0 Å². The first-order chi connectivity index (χ1) is 13.0. The van der Waals surface area contributed by atoms with Crippen LogP contribution in [0, 0.1) is 11.7 Å². The number of benzene rings is 2. The third-order valence-electron chi connectivity index (χ3n) is 4.56. The molecule has 0 unspecified atom stereocenters. The molecule has 0 radical (unpaired) electrons. The molecule has 3 rings (SSSR count). The van der Waals surface area contributed by atoms with E-state index < -0.39 is 0 Å². The van der Waals surface area contributed by atoms with Gasteiger partial charge in [-0.25, -0.2) is 4.39 Å². The minimum atomic E-state index is -0.233. The van der Waals surface area contributed by atoms with E-state index in [0.717, 1.165) is 16.8 Å².